The first kappa shape index (κ1) is 15.6. The van der Waals surface area contributed by atoms with Gasteiger partial charge in [0.25, 0.3) is 0 Å². The molecule has 126 valence electrons. The third kappa shape index (κ3) is 3.16. The summed E-state index contributed by atoms with van der Waals surface area (Å²) < 4.78 is 0. The first-order chi connectivity index (χ1) is 11.8. The minimum absolute atomic E-state index is 0.0337. The molecule has 2 aliphatic rings. The number of para-hydroxylation sites is 1. The van der Waals surface area contributed by atoms with Crippen molar-refractivity contribution < 1.29 is 4.79 Å². The van der Waals surface area contributed by atoms with Gasteiger partial charge in [-0.25, -0.2) is 4.98 Å². The molecule has 3 heterocycles. The fourth-order valence-corrected chi connectivity index (χ4v) is 4.36. The van der Waals surface area contributed by atoms with Gasteiger partial charge in [-0.2, -0.15) is 0 Å². The second-order valence-electron chi connectivity index (χ2n) is 6.39. The van der Waals surface area contributed by atoms with Gasteiger partial charge in [0.2, 0.25) is 5.91 Å². The molecule has 2 aliphatic heterocycles. The zero-order valence-electron chi connectivity index (χ0n) is 13.6. The summed E-state index contributed by atoms with van der Waals surface area (Å²) in [7, 11) is 0. The Morgan fingerprint density at radius 1 is 1.17 bits per heavy atom. The molecule has 0 saturated carbocycles. The molecule has 1 amide bonds. The van der Waals surface area contributed by atoms with Crippen LogP contribution in [0, 0.1) is 0 Å². The van der Waals surface area contributed by atoms with Gasteiger partial charge in [-0.15, -0.1) is 11.3 Å². The lowest BCUT2D eigenvalue weighted by atomic mass is 10.0. The molecular weight excluding hydrogens is 320 g/mol. The first-order valence-corrected chi connectivity index (χ1v) is 9.46. The zero-order chi connectivity index (χ0) is 16.4. The number of rotatable bonds is 2. The predicted octanol–water partition coefficient (Wildman–Crippen LogP) is 2.61. The normalized spacial score (nSPS) is 22.4. The molecule has 6 heteroatoms. The summed E-state index contributed by atoms with van der Waals surface area (Å²) in [6.07, 6.45) is 4.77. The van der Waals surface area contributed by atoms with E-state index in [-0.39, 0.29) is 11.9 Å². The SMILES string of the molecule is O=C1Nc2ccccc2CC[C@H]1N1CCCN(c2nccs2)CC1. The number of carbonyl (C=O) groups excluding carboxylic acids is 1. The van der Waals surface area contributed by atoms with Crippen molar-refractivity contribution in [3.63, 3.8) is 0 Å². The van der Waals surface area contributed by atoms with Gasteiger partial charge in [-0.05, 0) is 30.9 Å². The highest BCUT2D eigenvalue weighted by atomic mass is 32.1. The number of fused-ring (bicyclic) bond motifs is 1. The Morgan fingerprint density at radius 3 is 2.96 bits per heavy atom. The van der Waals surface area contributed by atoms with Crippen molar-refractivity contribution in [2.24, 2.45) is 0 Å². The highest BCUT2D eigenvalue weighted by molar-refractivity contribution is 7.13. The van der Waals surface area contributed by atoms with Crippen molar-refractivity contribution in [1.29, 1.82) is 0 Å². The molecule has 1 aromatic carbocycles. The molecule has 1 aromatic heterocycles. The number of benzene rings is 1. The lowest BCUT2D eigenvalue weighted by Crippen LogP contribution is -2.45. The number of amides is 1. The topological polar surface area (TPSA) is 48.5 Å². The standard InChI is InChI=1S/C18H22N4OS/c23-17-16(7-6-14-4-1-2-5-15(14)20-17)21-9-3-10-22(12-11-21)18-19-8-13-24-18/h1-2,4-5,8,13,16H,3,6-7,9-12H2,(H,20,23)/t16-/m1/s1. The first-order valence-electron chi connectivity index (χ1n) is 8.58. The van der Waals surface area contributed by atoms with E-state index < -0.39 is 0 Å². The third-order valence-electron chi connectivity index (χ3n) is 4.93. The van der Waals surface area contributed by atoms with Crippen molar-refractivity contribution in [2.45, 2.75) is 25.3 Å². The van der Waals surface area contributed by atoms with Crippen LogP contribution < -0.4 is 10.2 Å². The van der Waals surface area contributed by atoms with Crippen LogP contribution in [0.25, 0.3) is 0 Å². The van der Waals surface area contributed by atoms with Crippen molar-refractivity contribution in [2.75, 3.05) is 36.4 Å². The van der Waals surface area contributed by atoms with Gasteiger partial charge in [0.1, 0.15) is 0 Å². The summed E-state index contributed by atoms with van der Waals surface area (Å²) in [5.41, 5.74) is 2.22. The highest BCUT2D eigenvalue weighted by Crippen LogP contribution is 2.25. The van der Waals surface area contributed by atoms with Gasteiger partial charge in [0.15, 0.2) is 5.13 Å². The summed E-state index contributed by atoms with van der Waals surface area (Å²) in [6, 6.07) is 8.11. The molecule has 24 heavy (non-hydrogen) atoms. The average molecular weight is 342 g/mol. The summed E-state index contributed by atoms with van der Waals surface area (Å²) >= 11 is 1.69. The van der Waals surface area contributed by atoms with E-state index in [0.717, 1.165) is 56.3 Å². The van der Waals surface area contributed by atoms with E-state index in [2.05, 4.69) is 26.2 Å². The van der Waals surface area contributed by atoms with Crippen molar-refractivity contribution in [1.82, 2.24) is 9.88 Å². The number of hydrogen-bond acceptors (Lipinski definition) is 5. The van der Waals surface area contributed by atoms with Gasteiger partial charge < -0.3 is 10.2 Å². The lowest BCUT2D eigenvalue weighted by molar-refractivity contribution is -0.121. The maximum atomic E-state index is 12.7. The van der Waals surface area contributed by atoms with Crippen molar-refractivity contribution in [3.8, 4) is 0 Å². The van der Waals surface area contributed by atoms with Crippen LogP contribution >= 0.6 is 11.3 Å². The van der Waals surface area contributed by atoms with Gasteiger partial charge in [-0.3, -0.25) is 9.69 Å². The molecule has 1 atom stereocenters. The molecule has 5 nitrogen and oxygen atoms in total. The second kappa shape index (κ2) is 6.91. The largest absolute Gasteiger partial charge is 0.347 e. The van der Waals surface area contributed by atoms with E-state index >= 15 is 0 Å². The fraction of sp³-hybridized carbons (Fsp3) is 0.444. The Morgan fingerprint density at radius 2 is 2.08 bits per heavy atom. The minimum atomic E-state index is -0.0337. The number of aryl methyl sites for hydroxylation is 1. The Kier molecular flexibility index (Phi) is 4.49. The van der Waals surface area contributed by atoms with Crippen molar-refractivity contribution in [3.05, 3.63) is 41.4 Å². The molecular formula is C18H22N4OS. The number of nitrogens with zero attached hydrogens (tertiary/aromatic N) is 3. The quantitative estimate of drug-likeness (QED) is 0.911. The van der Waals surface area contributed by atoms with E-state index in [1.807, 2.05) is 29.8 Å². The number of anilines is 2. The number of nitrogens with one attached hydrogen (secondary N) is 1. The van der Waals surface area contributed by atoms with Crippen LogP contribution in [-0.2, 0) is 11.2 Å². The van der Waals surface area contributed by atoms with Gasteiger partial charge >= 0.3 is 0 Å². The summed E-state index contributed by atoms with van der Waals surface area (Å²) in [5.74, 6) is 0.141. The van der Waals surface area contributed by atoms with Crippen LogP contribution in [0.5, 0.6) is 0 Å². The smallest absolute Gasteiger partial charge is 0.241 e. The van der Waals surface area contributed by atoms with Crippen LogP contribution in [-0.4, -0.2) is 48.0 Å². The second-order valence-corrected chi connectivity index (χ2v) is 7.27. The van der Waals surface area contributed by atoms with Crippen LogP contribution in [0.4, 0.5) is 10.8 Å². The van der Waals surface area contributed by atoms with E-state index in [9.17, 15) is 4.79 Å². The van der Waals surface area contributed by atoms with E-state index in [4.69, 9.17) is 0 Å². The Hall–Kier alpha value is -1.92. The maximum Gasteiger partial charge on any atom is 0.241 e. The fourth-order valence-electron chi connectivity index (χ4n) is 3.66. The third-order valence-corrected chi connectivity index (χ3v) is 5.76. The Bertz CT molecular complexity index is 703. The number of carbonyl (C=O) groups is 1. The molecule has 1 N–H and O–H groups in total. The summed E-state index contributed by atoms with van der Waals surface area (Å²) in [5, 5.41) is 6.24. The summed E-state index contributed by atoms with van der Waals surface area (Å²) in [6.45, 7) is 3.83. The molecule has 1 fully saturated rings. The van der Waals surface area contributed by atoms with Gasteiger partial charge in [-0.1, -0.05) is 18.2 Å². The predicted molar refractivity (Wildman–Crippen MR) is 97.7 cm³/mol. The lowest BCUT2D eigenvalue weighted by Gasteiger charge is -2.28. The van der Waals surface area contributed by atoms with Crippen LogP contribution in [0.1, 0.15) is 18.4 Å². The maximum absolute atomic E-state index is 12.7. The van der Waals surface area contributed by atoms with Crippen LogP contribution in [0.3, 0.4) is 0 Å². The molecule has 0 aliphatic carbocycles. The van der Waals surface area contributed by atoms with Crippen molar-refractivity contribution >= 4 is 28.1 Å². The molecule has 0 unspecified atom stereocenters. The monoisotopic (exact) mass is 342 g/mol. The van der Waals surface area contributed by atoms with Crippen LogP contribution in [0.2, 0.25) is 0 Å². The van der Waals surface area contributed by atoms with Crippen LogP contribution in [0.15, 0.2) is 35.8 Å². The minimum Gasteiger partial charge on any atom is -0.347 e. The number of hydrogen-bond donors (Lipinski definition) is 1. The van der Waals surface area contributed by atoms with E-state index in [1.165, 1.54) is 5.56 Å². The number of thiazole rings is 1. The Balaban J connectivity index is 1.45. The highest BCUT2D eigenvalue weighted by Gasteiger charge is 2.30. The Labute approximate surface area is 146 Å². The molecule has 2 aromatic rings. The van der Waals surface area contributed by atoms with Gasteiger partial charge in [0.05, 0.1) is 6.04 Å². The number of aromatic nitrogens is 1. The average Bonchev–Trinajstić information content (AvgIpc) is 2.94. The molecule has 1 saturated heterocycles. The molecule has 0 radical (unpaired) electrons. The van der Waals surface area contributed by atoms with E-state index in [0.29, 0.717) is 0 Å². The summed E-state index contributed by atoms with van der Waals surface area (Å²) in [4.78, 5) is 21.8. The van der Waals surface area contributed by atoms with E-state index in [1.54, 1.807) is 11.3 Å². The van der Waals surface area contributed by atoms with Gasteiger partial charge in [0, 0.05) is 43.4 Å². The zero-order valence-corrected chi connectivity index (χ0v) is 14.5. The molecule has 0 spiro atoms. The molecule has 4 rings (SSSR count). The molecule has 0 bridgehead atoms.